The maximum absolute atomic E-state index is 13.2. The van der Waals surface area contributed by atoms with Gasteiger partial charge in [-0.1, -0.05) is 49.4 Å². The van der Waals surface area contributed by atoms with Crippen molar-refractivity contribution in [2.45, 2.75) is 39.3 Å². The molecule has 3 N–H and O–H groups in total. The van der Waals surface area contributed by atoms with Gasteiger partial charge >= 0.3 is 6.03 Å². The molecule has 2 atom stereocenters. The number of nitrogens with zero attached hydrogens (tertiary/aromatic N) is 3. The van der Waals surface area contributed by atoms with E-state index in [2.05, 4.69) is 24.5 Å². The summed E-state index contributed by atoms with van der Waals surface area (Å²) in [5, 5.41) is 18.3. The molecule has 2 heterocycles. The van der Waals surface area contributed by atoms with Crippen molar-refractivity contribution in [3.05, 3.63) is 95.1 Å². The van der Waals surface area contributed by atoms with E-state index < -0.39 is 6.03 Å². The summed E-state index contributed by atoms with van der Waals surface area (Å²) in [4.78, 5) is 32.9. The predicted molar refractivity (Wildman–Crippen MR) is 159 cm³/mol. The van der Waals surface area contributed by atoms with E-state index >= 15 is 0 Å². The fourth-order valence-electron chi connectivity index (χ4n) is 5.43. The topological polar surface area (TPSA) is 99.0 Å². The van der Waals surface area contributed by atoms with Gasteiger partial charge in [-0.05, 0) is 56.2 Å². The highest BCUT2D eigenvalue weighted by Gasteiger charge is 2.27. The van der Waals surface area contributed by atoms with E-state index in [9.17, 15) is 14.7 Å². The maximum Gasteiger partial charge on any atom is 0.328 e. The van der Waals surface area contributed by atoms with E-state index in [4.69, 9.17) is 4.99 Å². The fraction of sp³-hybridized carbons (Fsp3) is 0.281. The van der Waals surface area contributed by atoms with Crippen molar-refractivity contribution in [2.75, 3.05) is 20.1 Å². The molecule has 1 aliphatic rings. The van der Waals surface area contributed by atoms with Gasteiger partial charge in [0, 0.05) is 48.7 Å². The first-order chi connectivity index (χ1) is 19.3. The number of aliphatic imine (C=N–C) groups is 1. The standard InChI is InChI=1S/C32H35N5O3/c1-5-22-11-16-26-27(17-22)37(32(40)33-4)31(39)28(26)29(23-9-7-6-8-10-23)35-25-14-12-24(13-15-25)30(38)36-18-20(2)34-21(3)19-36/h6-17,20-21,34,39H,5,18-19H2,1-4H3,(H,33,40)/t20-,21+. The van der Waals surface area contributed by atoms with Crippen molar-refractivity contribution in [3.63, 3.8) is 0 Å². The number of piperazine rings is 1. The number of amides is 2. The van der Waals surface area contributed by atoms with E-state index in [-0.39, 0.29) is 23.9 Å². The number of carbonyl (C=O) groups excluding carboxylic acids is 2. The van der Waals surface area contributed by atoms with Gasteiger partial charge in [0.05, 0.1) is 22.5 Å². The van der Waals surface area contributed by atoms with Gasteiger partial charge in [0.2, 0.25) is 5.88 Å². The molecule has 0 saturated carbocycles. The molecule has 0 spiro atoms. The molecule has 8 nitrogen and oxygen atoms in total. The Hall–Kier alpha value is -4.43. The molecule has 1 aliphatic heterocycles. The van der Waals surface area contributed by atoms with E-state index in [0.717, 1.165) is 22.9 Å². The van der Waals surface area contributed by atoms with Crippen molar-refractivity contribution < 1.29 is 14.7 Å². The Morgan fingerprint density at radius 3 is 2.27 bits per heavy atom. The van der Waals surface area contributed by atoms with Gasteiger partial charge in [-0.2, -0.15) is 0 Å². The Balaban J connectivity index is 1.60. The average Bonchev–Trinajstić information content (AvgIpc) is 3.25. The van der Waals surface area contributed by atoms with E-state index in [1.54, 1.807) is 12.1 Å². The van der Waals surface area contributed by atoms with Crippen molar-refractivity contribution in [2.24, 2.45) is 4.99 Å². The minimum atomic E-state index is -0.436. The third-order valence-electron chi connectivity index (χ3n) is 7.32. The van der Waals surface area contributed by atoms with Crippen LogP contribution in [0.2, 0.25) is 0 Å². The van der Waals surface area contributed by atoms with Crippen LogP contribution in [0.1, 0.15) is 47.8 Å². The summed E-state index contributed by atoms with van der Waals surface area (Å²) in [7, 11) is 1.54. The predicted octanol–water partition coefficient (Wildman–Crippen LogP) is 5.09. The number of aryl methyl sites for hydroxylation is 1. The molecule has 2 amide bonds. The van der Waals surface area contributed by atoms with E-state index in [1.165, 1.54) is 11.6 Å². The molecule has 0 unspecified atom stereocenters. The quantitative estimate of drug-likeness (QED) is 0.309. The SMILES string of the molecule is CCc1ccc2c(C(=Nc3ccc(C(=O)N4C[C@@H](C)N[C@@H](C)C4)cc3)c3ccccc3)c(O)n(C(=O)NC)c2c1. The average molecular weight is 538 g/mol. The smallest absolute Gasteiger partial charge is 0.328 e. The highest BCUT2D eigenvalue weighted by atomic mass is 16.3. The molecule has 1 saturated heterocycles. The normalized spacial score (nSPS) is 17.7. The third kappa shape index (κ3) is 5.22. The Kier molecular flexibility index (Phi) is 7.71. The van der Waals surface area contributed by atoms with Crippen LogP contribution in [0.25, 0.3) is 10.9 Å². The number of fused-ring (bicyclic) bond motifs is 1. The molecule has 3 aromatic carbocycles. The van der Waals surface area contributed by atoms with Gasteiger partial charge in [-0.15, -0.1) is 0 Å². The first kappa shape index (κ1) is 27.1. The van der Waals surface area contributed by atoms with Crippen LogP contribution in [0.4, 0.5) is 10.5 Å². The van der Waals surface area contributed by atoms with E-state index in [0.29, 0.717) is 41.1 Å². The first-order valence-corrected chi connectivity index (χ1v) is 13.7. The third-order valence-corrected chi connectivity index (χ3v) is 7.32. The summed E-state index contributed by atoms with van der Waals surface area (Å²) in [5.74, 6) is -0.184. The number of nitrogens with one attached hydrogen (secondary N) is 2. The molecule has 0 aliphatic carbocycles. The molecule has 0 radical (unpaired) electrons. The molecule has 0 bridgehead atoms. The Bertz CT molecular complexity index is 1560. The molecule has 8 heteroatoms. The van der Waals surface area contributed by atoms with Crippen molar-refractivity contribution in [1.82, 2.24) is 20.1 Å². The van der Waals surface area contributed by atoms with Gasteiger partial charge in [-0.3, -0.25) is 4.79 Å². The van der Waals surface area contributed by atoms with Gasteiger partial charge in [0.1, 0.15) is 0 Å². The maximum atomic E-state index is 13.2. The highest BCUT2D eigenvalue weighted by Crippen LogP contribution is 2.35. The summed E-state index contributed by atoms with van der Waals surface area (Å²) in [6, 6.07) is 22.7. The fourth-order valence-corrected chi connectivity index (χ4v) is 5.43. The van der Waals surface area contributed by atoms with Gasteiger partial charge in [-0.25, -0.2) is 14.4 Å². The Morgan fingerprint density at radius 2 is 1.65 bits per heavy atom. The lowest BCUT2D eigenvalue weighted by Crippen LogP contribution is -2.55. The van der Waals surface area contributed by atoms with E-state index in [1.807, 2.05) is 72.5 Å². The summed E-state index contributed by atoms with van der Waals surface area (Å²) in [5.41, 5.74) is 4.67. The number of aromatic nitrogens is 1. The van der Waals surface area contributed by atoms with Crippen LogP contribution in [-0.2, 0) is 6.42 Å². The minimum Gasteiger partial charge on any atom is -0.494 e. The first-order valence-electron chi connectivity index (χ1n) is 13.7. The number of carbonyl (C=O) groups is 2. The number of aromatic hydroxyl groups is 1. The molecule has 5 rings (SSSR count). The van der Waals surface area contributed by atoms with Crippen LogP contribution in [0.5, 0.6) is 5.88 Å². The number of hydrogen-bond acceptors (Lipinski definition) is 5. The minimum absolute atomic E-state index is 0.00275. The van der Waals surface area contributed by atoms with Crippen molar-refractivity contribution >= 4 is 34.2 Å². The lowest BCUT2D eigenvalue weighted by atomic mass is 9.99. The van der Waals surface area contributed by atoms with Crippen LogP contribution >= 0.6 is 0 Å². The summed E-state index contributed by atoms with van der Waals surface area (Å²) >= 11 is 0. The van der Waals surface area contributed by atoms with Crippen LogP contribution in [0, 0.1) is 0 Å². The Labute approximate surface area is 234 Å². The lowest BCUT2D eigenvalue weighted by molar-refractivity contribution is 0.0674. The highest BCUT2D eigenvalue weighted by molar-refractivity contribution is 6.23. The molecular weight excluding hydrogens is 502 g/mol. The van der Waals surface area contributed by atoms with Crippen LogP contribution in [-0.4, -0.2) is 64.4 Å². The second-order valence-electron chi connectivity index (χ2n) is 10.3. The molecular formula is C32H35N5O3. The largest absolute Gasteiger partial charge is 0.494 e. The van der Waals surface area contributed by atoms with Crippen molar-refractivity contribution in [1.29, 1.82) is 0 Å². The van der Waals surface area contributed by atoms with Crippen LogP contribution < -0.4 is 10.6 Å². The molecule has 40 heavy (non-hydrogen) atoms. The molecule has 1 aromatic heterocycles. The zero-order chi connectivity index (χ0) is 28.4. The summed E-state index contributed by atoms with van der Waals surface area (Å²) in [6.45, 7) is 7.53. The van der Waals surface area contributed by atoms with Gasteiger partial charge in [0.25, 0.3) is 5.91 Å². The van der Waals surface area contributed by atoms with Crippen LogP contribution in [0.15, 0.2) is 77.8 Å². The zero-order valence-corrected chi connectivity index (χ0v) is 23.3. The van der Waals surface area contributed by atoms with Gasteiger partial charge in [0.15, 0.2) is 0 Å². The zero-order valence-electron chi connectivity index (χ0n) is 23.3. The summed E-state index contributed by atoms with van der Waals surface area (Å²) in [6.07, 6.45) is 0.793. The number of benzene rings is 3. The number of hydrogen-bond donors (Lipinski definition) is 3. The molecule has 4 aromatic rings. The van der Waals surface area contributed by atoms with Gasteiger partial charge < -0.3 is 20.6 Å². The van der Waals surface area contributed by atoms with Crippen LogP contribution in [0.3, 0.4) is 0 Å². The number of rotatable bonds is 5. The van der Waals surface area contributed by atoms with Crippen molar-refractivity contribution in [3.8, 4) is 5.88 Å². The second-order valence-corrected chi connectivity index (χ2v) is 10.3. The molecule has 206 valence electrons. The Morgan fingerprint density at radius 1 is 0.975 bits per heavy atom. The lowest BCUT2D eigenvalue weighted by Gasteiger charge is -2.36. The monoisotopic (exact) mass is 537 g/mol. The summed E-state index contributed by atoms with van der Waals surface area (Å²) < 4.78 is 1.29. The molecule has 1 fully saturated rings. The second kappa shape index (κ2) is 11.4.